The first kappa shape index (κ1) is 21.3. The topological polar surface area (TPSA) is 69.7 Å². The maximum absolute atomic E-state index is 13.2. The Morgan fingerprint density at radius 3 is 2.38 bits per heavy atom. The molecular formula is C22H29N3O3S. The van der Waals surface area contributed by atoms with Gasteiger partial charge in [0.15, 0.2) is 0 Å². The van der Waals surface area contributed by atoms with E-state index in [-0.39, 0.29) is 10.8 Å². The molecule has 0 atom stereocenters. The number of carbonyl (C=O) groups is 1. The number of anilines is 2. The first-order chi connectivity index (χ1) is 13.7. The molecule has 156 valence electrons. The van der Waals surface area contributed by atoms with Crippen molar-refractivity contribution in [2.45, 2.75) is 38.0 Å². The van der Waals surface area contributed by atoms with Crippen LogP contribution in [0.5, 0.6) is 0 Å². The SMILES string of the molecule is Cc1cccc(NC(=O)c2cc(S(=O)(=O)N(C)C)ccc2N2CCCCC2)c1C. The number of piperidine rings is 1. The quantitative estimate of drug-likeness (QED) is 0.807. The number of nitrogens with one attached hydrogen (secondary N) is 1. The van der Waals surface area contributed by atoms with E-state index in [9.17, 15) is 13.2 Å². The van der Waals surface area contributed by atoms with Gasteiger partial charge < -0.3 is 10.2 Å². The zero-order chi connectivity index (χ0) is 21.2. The standard InChI is InChI=1S/C22H29N3O3S/c1-16-9-8-10-20(17(16)2)23-22(26)19-15-18(29(27,28)24(3)4)11-12-21(19)25-13-6-5-7-14-25/h8-12,15H,5-7,13-14H2,1-4H3,(H,23,26). The average molecular weight is 416 g/mol. The van der Waals surface area contributed by atoms with Crippen LogP contribution in [0.4, 0.5) is 11.4 Å². The van der Waals surface area contributed by atoms with Crippen molar-refractivity contribution in [2.75, 3.05) is 37.4 Å². The lowest BCUT2D eigenvalue weighted by atomic mass is 10.1. The summed E-state index contributed by atoms with van der Waals surface area (Å²) in [7, 11) is -0.654. The van der Waals surface area contributed by atoms with Crippen LogP contribution in [0, 0.1) is 13.8 Å². The molecule has 1 fully saturated rings. The van der Waals surface area contributed by atoms with Crippen LogP contribution < -0.4 is 10.2 Å². The molecule has 7 heteroatoms. The summed E-state index contributed by atoms with van der Waals surface area (Å²) >= 11 is 0. The molecule has 1 N–H and O–H groups in total. The fourth-order valence-corrected chi connectivity index (χ4v) is 4.48. The van der Waals surface area contributed by atoms with Gasteiger partial charge in [0.2, 0.25) is 10.0 Å². The molecule has 0 aliphatic carbocycles. The van der Waals surface area contributed by atoms with Gasteiger partial charge >= 0.3 is 0 Å². The molecule has 0 aromatic heterocycles. The number of sulfonamides is 1. The molecule has 3 rings (SSSR count). The maximum Gasteiger partial charge on any atom is 0.257 e. The smallest absolute Gasteiger partial charge is 0.257 e. The minimum Gasteiger partial charge on any atom is -0.371 e. The highest BCUT2D eigenvalue weighted by Crippen LogP contribution is 2.29. The van der Waals surface area contributed by atoms with Crippen molar-refractivity contribution >= 4 is 27.3 Å². The van der Waals surface area contributed by atoms with Crippen molar-refractivity contribution in [1.29, 1.82) is 0 Å². The minimum absolute atomic E-state index is 0.120. The Hall–Kier alpha value is -2.38. The van der Waals surface area contributed by atoms with Gasteiger partial charge in [-0.25, -0.2) is 12.7 Å². The van der Waals surface area contributed by atoms with Crippen molar-refractivity contribution < 1.29 is 13.2 Å². The molecule has 2 aromatic rings. The molecule has 0 unspecified atom stereocenters. The second kappa shape index (κ2) is 8.55. The Balaban J connectivity index is 2.04. The summed E-state index contributed by atoms with van der Waals surface area (Å²) in [6.45, 7) is 5.69. The normalized spacial score (nSPS) is 14.9. The van der Waals surface area contributed by atoms with E-state index >= 15 is 0 Å². The second-order valence-corrected chi connectivity index (χ2v) is 9.87. The van der Waals surface area contributed by atoms with Gasteiger partial charge in [-0.15, -0.1) is 0 Å². The Morgan fingerprint density at radius 1 is 1.03 bits per heavy atom. The van der Waals surface area contributed by atoms with Crippen LogP contribution in [-0.2, 0) is 10.0 Å². The Kier molecular flexibility index (Phi) is 6.29. The summed E-state index contributed by atoms with van der Waals surface area (Å²) < 4.78 is 26.4. The van der Waals surface area contributed by atoms with Crippen molar-refractivity contribution in [1.82, 2.24) is 4.31 Å². The predicted molar refractivity (Wildman–Crippen MR) is 117 cm³/mol. The molecule has 1 saturated heterocycles. The average Bonchev–Trinajstić information content (AvgIpc) is 2.71. The van der Waals surface area contributed by atoms with Crippen molar-refractivity contribution in [3.05, 3.63) is 53.1 Å². The number of hydrogen-bond acceptors (Lipinski definition) is 4. The number of nitrogens with zero attached hydrogens (tertiary/aromatic N) is 2. The summed E-state index contributed by atoms with van der Waals surface area (Å²) in [4.78, 5) is 15.5. The zero-order valence-electron chi connectivity index (χ0n) is 17.5. The molecule has 2 aromatic carbocycles. The number of benzene rings is 2. The lowest BCUT2D eigenvalue weighted by Gasteiger charge is -2.30. The minimum atomic E-state index is -3.63. The molecule has 6 nitrogen and oxygen atoms in total. The molecule has 1 aliphatic rings. The molecular weight excluding hydrogens is 386 g/mol. The van der Waals surface area contributed by atoms with Gasteiger partial charge in [0, 0.05) is 38.6 Å². The first-order valence-corrected chi connectivity index (χ1v) is 11.3. The van der Waals surface area contributed by atoms with Crippen LogP contribution in [0.3, 0.4) is 0 Å². The predicted octanol–water partition coefficient (Wildman–Crippen LogP) is 3.80. The Morgan fingerprint density at radius 2 is 1.72 bits per heavy atom. The second-order valence-electron chi connectivity index (χ2n) is 7.72. The highest BCUT2D eigenvalue weighted by Gasteiger charge is 2.24. The number of hydrogen-bond donors (Lipinski definition) is 1. The number of aryl methyl sites for hydroxylation is 1. The zero-order valence-corrected chi connectivity index (χ0v) is 18.3. The summed E-state index contributed by atoms with van der Waals surface area (Å²) in [6.07, 6.45) is 3.30. The van der Waals surface area contributed by atoms with Crippen molar-refractivity contribution in [3.63, 3.8) is 0 Å². The van der Waals surface area contributed by atoms with Gasteiger partial charge in [-0.2, -0.15) is 0 Å². The molecule has 0 spiro atoms. The van der Waals surface area contributed by atoms with Gasteiger partial charge in [-0.3, -0.25) is 4.79 Å². The first-order valence-electron chi connectivity index (χ1n) is 9.91. The van der Waals surface area contributed by atoms with Gasteiger partial charge in [0.1, 0.15) is 0 Å². The lowest BCUT2D eigenvalue weighted by Crippen LogP contribution is -2.32. The van der Waals surface area contributed by atoms with E-state index in [1.54, 1.807) is 12.1 Å². The van der Waals surface area contributed by atoms with Gasteiger partial charge in [0.05, 0.1) is 10.5 Å². The molecule has 29 heavy (non-hydrogen) atoms. The molecule has 0 radical (unpaired) electrons. The van der Waals surface area contributed by atoms with E-state index in [0.717, 1.165) is 52.7 Å². The van der Waals surface area contributed by atoms with Gasteiger partial charge in [0.25, 0.3) is 5.91 Å². The van der Waals surface area contributed by atoms with Gasteiger partial charge in [-0.1, -0.05) is 12.1 Å². The molecule has 0 saturated carbocycles. The van der Waals surface area contributed by atoms with Crippen LogP contribution in [0.25, 0.3) is 0 Å². The Bertz CT molecular complexity index is 1010. The van der Waals surface area contributed by atoms with Crippen LogP contribution in [-0.4, -0.2) is 45.8 Å². The summed E-state index contributed by atoms with van der Waals surface area (Å²) in [5, 5.41) is 2.98. The van der Waals surface area contributed by atoms with E-state index in [0.29, 0.717) is 5.56 Å². The molecule has 0 bridgehead atoms. The van der Waals surface area contributed by atoms with Crippen LogP contribution >= 0.6 is 0 Å². The maximum atomic E-state index is 13.2. The monoisotopic (exact) mass is 415 g/mol. The summed E-state index contributed by atoms with van der Waals surface area (Å²) in [5.74, 6) is -0.296. The summed E-state index contributed by atoms with van der Waals surface area (Å²) in [5.41, 5.74) is 3.99. The van der Waals surface area contributed by atoms with E-state index < -0.39 is 10.0 Å². The Labute approximate surface area is 173 Å². The third kappa shape index (κ3) is 4.46. The highest BCUT2D eigenvalue weighted by molar-refractivity contribution is 7.89. The van der Waals surface area contributed by atoms with Crippen LogP contribution in [0.2, 0.25) is 0 Å². The number of amides is 1. The molecule has 1 heterocycles. The summed E-state index contributed by atoms with van der Waals surface area (Å²) in [6, 6.07) is 10.6. The largest absolute Gasteiger partial charge is 0.371 e. The fourth-order valence-electron chi connectivity index (χ4n) is 3.56. The third-order valence-corrected chi connectivity index (χ3v) is 7.35. The van der Waals surface area contributed by atoms with Crippen molar-refractivity contribution in [2.24, 2.45) is 0 Å². The lowest BCUT2D eigenvalue weighted by molar-refractivity contribution is 0.102. The van der Waals surface area contributed by atoms with Crippen LogP contribution in [0.1, 0.15) is 40.7 Å². The highest BCUT2D eigenvalue weighted by atomic mass is 32.2. The van der Waals surface area contributed by atoms with Crippen LogP contribution in [0.15, 0.2) is 41.3 Å². The van der Waals surface area contributed by atoms with Gasteiger partial charge in [-0.05, 0) is 68.5 Å². The van der Waals surface area contributed by atoms with E-state index in [1.165, 1.54) is 26.6 Å². The van der Waals surface area contributed by atoms with Crippen molar-refractivity contribution in [3.8, 4) is 0 Å². The number of carbonyl (C=O) groups excluding carboxylic acids is 1. The molecule has 1 aliphatic heterocycles. The van der Waals surface area contributed by atoms with E-state index in [1.807, 2.05) is 32.0 Å². The van der Waals surface area contributed by atoms with E-state index in [2.05, 4.69) is 10.2 Å². The molecule has 1 amide bonds. The van der Waals surface area contributed by atoms with E-state index in [4.69, 9.17) is 0 Å². The number of rotatable bonds is 5. The third-order valence-electron chi connectivity index (χ3n) is 5.54. The fraction of sp³-hybridized carbons (Fsp3) is 0.409.